The van der Waals surface area contributed by atoms with Gasteiger partial charge in [-0.1, -0.05) is 0 Å². The van der Waals surface area contributed by atoms with Crippen LogP contribution in [-0.4, -0.2) is 17.5 Å². The first-order chi connectivity index (χ1) is 6.59. The van der Waals surface area contributed by atoms with Crippen LogP contribution in [0.25, 0.3) is 0 Å². The molecule has 76 valence electrons. The molecule has 0 unspecified atom stereocenters. The molecule has 1 aromatic heterocycles. The van der Waals surface area contributed by atoms with Crippen molar-refractivity contribution in [1.29, 1.82) is 0 Å². The first kappa shape index (κ1) is 10.4. The number of nitrogens with zero attached hydrogens (tertiary/aromatic N) is 1. The Kier molecular flexibility index (Phi) is 3.33. The predicted molar refractivity (Wildman–Crippen MR) is 45.2 cm³/mol. The molecule has 0 saturated carbocycles. The van der Waals surface area contributed by atoms with E-state index in [1.54, 1.807) is 0 Å². The predicted octanol–water partition coefficient (Wildman–Crippen LogP) is 1.64. The van der Waals surface area contributed by atoms with E-state index < -0.39 is 12.5 Å². The molecular weight excluding hydrogens is 194 g/mol. The molecule has 0 aromatic carbocycles. The van der Waals surface area contributed by atoms with Crippen LogP contribution in [0.5, 0.6) is 5.75 Å². The van der Waals surface area contributed by atoms with Crippen molar-refractivity contribution in [2.75, 3.05) is 5.32 Å². The molecule has 0 atom stereocenters. The molecule has 0 aliphatic rings. The van der Waals surface area contributed by atoms with Crippen molar-refractivity contribution in [2.24, 2.45) is 0 Å². The van der Waals surface area contributed by atoms with Crippen LogP contribution < -0.4 is 10.1 Å². The van der Waals surface area contributed by atoms with Gasteiger partial charge in [-0.3, -0.25) is 4.79 Å². The molecule has 0 saturated heterocycles. The van der Waals surface area contributed by atoms with E-state index in [0.29, 0.717) is 0 Å². The smallest absolute Gasteiger partial charge is 0.387 e. The van der Waals surface area contributed by atoms with Crippen LogP contribution in [0.15, 0.2) is 18.3 Å². The van der Waals surface area contributed by atoms with Crippen LogP contribution in [0.3, 0.4) is 0 Å². The van der Waals surface area contributed by atoms with Crippen molar-refractivity contribution in [3.05, 3.63) is 18.3 Å². The summed E-state index contributed by atoms with van der Waals surface area (Å²) < 4.78 is 27.9. The third kappa shape index (κ3) is 2.96. The fourth-order valence-corrected chi connectivity index (χ4v) is 0.842. The van der Waals surface area contributed by atoms with Crippen LogP contribution >= 0.6 is 0 Å². The summed E-state index contributed by atoms with van der Waals surface area (Å²) in [5.41, 5.74) is 0. The molecule has 0 fully saturated rings. The number of halogens is 2. The van der Waals surface area contributed by atoms with Gasteiger partial charge in [-0.2, -0.15) is 8.78 Å². The lowest BCUT2D eigenvalue weighted by Crippen LogP contribution is -2.11. The van der Waals surface area contributed by atoms with Gasteiger partial charge in [0.1, 0.15) is 0 Å². The van der Waals surface area contributed by atoms with E-state index in [-0.39, 0.29) is 11.6 Å². The average Bonchev–Trinajstić information content (AvgIpc) is 2.06. The van der Waals surface area contributed by atoms with Gasteiger partial charge in [0.2, 0.25) is 5.91 Å². The first-order valence-corrected chi connectivity index (χ1v) is 3.77. The minimum absolute atomic E-state index is 0.0136. The van der Waals surface area contributed by atoms with Gasteiger partial charge in [0, 0.05) is 13.1 Å². The topological polar surface area (TPSA) is 51.2 Å². The lowest BCUT2D eigenvalue weighted by atomic mass is 10.4. The molecule has 1 rings (SSSR count). The summed E-state index contributed by atoms with van der Waals surface area (Å²) in [6.45, 7) is -1.69. The van der Waals surface area contributed by atoms with E-state index in [2.05, 4.69) is 15.0 Å². The summed E-state index contributed by atoms with van der Waals surface area (Å²) in [6.07, 6.45) is 1.36. The molecule has 1 N–H and O–H groups in total. The Balaban J connectivity index is 2.85. The lowest BCUT2D eigenvalue weighted by Gasteiger charge is -2.08. The second kappa shape index (κ2) is 4.50. The van der Waals surface area contributed by atoms with Gasteiger partial charge in [-0.15, -0.1) is 0 Å². The van der Waals surface area contributed by atoms with Crippen molar-refractivity contribution in [3.8, 4) is 5.75 Å². The van der Waals surface area contributed by atoms with E-state index in [1.807, 2.05) is 0 Å². The Morgan fingerprint density at radius 2 is 2.36 bits per heavy atom. The monoisotopic (exact) mass is 202 g/mol. The van der Waals surface area contributed by atoms with Crippen molar-refractivity contribution in [1.82, 2.24) is 4.98 Å². The first-order valence-electron chi connectivity index (χ1n) is 3.77. The highest BCUT2D eigenvalue weighted by Crippen LogP contribution is 2.22. The van der Waals surface area contributed by atoms with Gasteiger partial charge in [0.25, 0.3) is 0 Å². The van der Waals surface area contributed by atoms with Crippen molar-refractivity contribution in [2.45, 2.75) is 13.5 Å². The van der Waals surface area contributed by atoms with Crippen molar-refractivity contribution < 1.29 is 18.3 Å². The number of hydrogen-bond donors (Lipinski definition) is 1. The Morgan fingerprint density at radius 1 is 1.64 bits per heavy atom. The third-order valence-electron chi connectivity index (χ3n) is 1.28. The van der Waals surface area contributed by atoms with E-state index in [9.17, 15) is 13.6 Å². The molecule has 0 aliphatic carbocycles. The second-order valence-corrected chi connectivity index (χ2v) is 2.41. The minimum atomic E-state index is -2.94. The number of amides is 1. The molecular formula is C8H8F2N2O2. The molecule has 14 heavy (non-hydrogen) atoms. The largest absolute Gasteiger partial charge is 0.431 e. The van der Waals surface area contributed by atoms with E-state index in [1.165, 1.54) is 25.3 Å². The van der Waals surface area contributed by atoms with Gasteiger partial charge in [-0.05, 0) is 12.1 Å². The zero-order chi connectivity index (χ0) is 10.6. The number of carbonyl (C=O) groups excluding carboxylic acids is 1. The van der Waals surface area contributed by atoms with E-state index >= 15 is 0 Å². The highest BCUT2D eigenvalue weighted by Gasteiger charge is 2.10. The molecule has 0 radical (unpaired) electrons. The van der Waals surface area contributed by atoms with Crippen LogP contribution in [0.1, 0.15) is 6.92 Å². The molecule has 0 aliphatic heterocycles. The molecule has 1 aromatic rings. The minimum Gasteiger partial charge on any atom is -0.431 e. The molecule has 1 amide bonds. The van der Waals surface area contributed by atoms with Gasteiger partial charge in [0.15, 0.2) is 11.6 Å². The fraction of sp³-hybridized carbons (Fsp3) is 0.250. The quantitative estimate of drug-likeness (QED) is 0.810. The summed E-state index contributed by atoms with van der Waals surface area (Å²) in [6, 6.07) is 2.73. The Bertz CT molecular complexity index is 331. The van der Waals surface area contributed by atoms with Crippen molar-refractivity contribution >= 4 is 11.7 Å². The zero-order valence-electron chi connectivity index (χ0n) is 7.33. The number of nitrogens with one attached hydrogen (secondary N) is 1. The lowest BCUT2D eigenvalue weighted by molar-refractivity contribution is -0.114. The summed E-state index contributed by atoms with van der Waals surface area (Å²) >= 11 is 0. The Labute approximate surface area is 78.9 Å². The van der Waals surface area contributed by atoms with Crippen molar-refractivity contribution in [3.63, 3.8) is 0 Å². The number of pyridine rings is 1. The standard InChI is InChI=1S/C8H8F2N2O2/c1-5(13)12-7-6(14-8(9)10)3-2-4-11-7/h2-4,8H,1H3,(H,11,12,13). The highest BCUT2D eigenvalue weighted by molar-refractivity contribution is 5.88. The number of rotatable bonds is 3. The van der Waals surface area contributed by atoms with Crippen LogP contribution in [-0.2, 0) is 4.79 Å². The van der Waals surface area contributed by atoms with Crippen LogP contribution in [0.2, 0.25) is 0 Å². The molecule has 1 heterocycles. The van der Waals surface area contributed by atoms with Gasteiger partial charge >= 0.3 is 6.61 Å². The maximum Gasteiger partial charge on any atom is 0.387 e. The number of alkyl halides is 2. The normalized spacial score (nSPS) is 10.0. The highest BCUT2D eigenvalue weighted by atomic mass is 19.3. The van der Waals surface area contributed by atoms with Gasteiger partial charge < -0.3 is 10.1 Å². The number of anilines is 1. The Hall–Kier alpha value is -1.72. The number of hydrogen-bond acceptors (Lipinski definition) is 3. The van der Waals surface area contributed by atoms with Gasteiger partial charge in [-0.25, -0.2) is 4.98 Å². The molecule has 6 heteroatoms. The average molecular weight is 202 g/mol. The maximum absolute atomic E-state index is 11.9. The number of aromatic nitrogens is 1. The van der Waals surface area contributed by atoms with E-state index in [4.69, 9.17) is 0 Å². The summed E-state index contributed by atoms with van der Waals surface area (Å²) in [7, 11) is 0. The molecule has 0 bridgehead atoms. The fourth-order valence-electron chi connectivity index (χ4n) is 0.842. The molecule has 4 nitrogen and oxygen atoms in total. The third-order valence-corrected chi connectivity index (χ3v) is 1.28. The summed E-state index contributed by atoms with van der Waals surface area (Å²) in [5, 5.41) is 2.27. The summed E-state index contributed by atoms with van der Waals surface area (Å²) in [5.74, 6) is -0.569. The SMILES string of the molecule is CC(=O)Nc1ncccc1OC(F)F. The number of carbonyl (C=O) groups is 1. The van der Waals surface area contributed by atoms with Gasteiger partial charge in [0.05, 0.1) is 0 Å². The maximum atomic E-state index is 11.9. The molecule has 0 spiro atoms. The Morgan fingerprint density at radius 3 is 2.93 bits per heavy atom. The second-order valence-electron chi connectivity index (χ2n) is 2.41. The number of ether oxygens (including phenoxy) is 1. The zero-order valence-corrected chi connectivity index (χ0v) is 7.33. The van der Waals surface area contributed by atoms with Crippen LogP contribution in [0, 0.1) is 0 Å². The summed E-state index contributed by atoms with van der Waals surface area (Å²) in [4.78, 5) is 14.3. The van der Waals surface area contributed by atoms with Crippen LogP contribution in [0.4, 0.5) is 14.6 Å². The van der Waals surface area contributed by atoms with E-state index in [0.717, 1.165) is 0 Å².